The Kier molecular flexibility index (Phi) is 2.64. The molecule has 0 fully saturated rings. The fourth-order valence-electron chi connectivity index (χ4n) is 0.926. The van der Waals surface area contributed by atoms with Gasteiger partial charge >= 0.3 is 6.18 Å². The van der Waals surface area contributed by atoms with Crippen LogP contribution >= 0.6 is 0 Å². The minimum absolute atomic E-state index is 0.104. The molecule has 0 unspecified atom stereocenters. The van der Waals surface area contributed by atoms with Crippen LogP contribution in [0.4, 0.5) is 18.9 Å². The average molecular weight is 205 g/mol. The van der Waals surface area contributed by atoms with Crippen LogP contribution in [0.3, 0.4) is 0 Å². The van der Waals surface area contributed by atoms with E-state index in [4.69, 9.17) is 5.11 Å². The first-order valence-corrected chi connectivity index (χ1v) is 3.55. The number of aromatic hydroxyl groups is 1. The van der Waals surface area contributed by atoms with Gasteiger partial charge in [0.25, 0.3) is 0 Å². The van der Waals surface area contributed by atoms with Crippen molar-refractivity contribution >= 4 is 12.1 Å². The highest BCUT2D eigenvalue weighted by Crippen LogP contribution is 2.33. The van der Waals surface area contributed by atoms with Crippen LogP contribution in [0.1, 0.15) is 5.56 Å². The SMILES string of the molecule is O=CNc1cc(O)cc(C(F)(F)F)c1. The van der Waals surface area contributed by atoms with Crippen molar-refractivity contribution in [1.82, 2.24) is 0 Å². The van der Waals surface area contributed by atoms with E-state index in [-0.39, 0.29) is 12.1 Å². The quantitative estimate of drug-likeness (QED) is 0.725. The van der Waals surface area contributed by atoms with E-state index in [0.717, 1.165) is 12.1 Å². The number of hydrogen-bond acceptors (Lipinski definition) is 2. The van der Waals surface area contributed by atoms with E-state index >= 15 is 0 Å². The predicted octanol–water partition coefficient (Wildman–Crippen LogP) is 1.98. The Balaban J connectivity index is 3.13. The number of carbonyl (C=O) groups is 1. The largest absolute Gasteiger partial charge is 0.508 e. The number of phenols is 1. The van der Waals surface area contributed by atoms with Crippen LogP contribution in [0, 0.1) is 0 Å². The molecule has 6 heteroatoms. The highest BCUT2D eigenvalue weighted by molar-refractivity contribution is 5.72. The van der Waals surface area contributed by atoms with E-state index in [0.29, 0.717) is 6.07 Å². The molecule has 14 heavy (non-hydrogen) atoms. The van der Waals surface area contributed by atoms with Crippen LogP contribution in [0.2, 0.25) is 0 Å². The number of amides is 1. The third kappa shape index (κ3) is 2.38. The number of alkyl halides is 3. The predicted molar refractivity (Wildman–Crippen MR) is 42.8 cm³/mol. The molecule has 1 amide bonds. The van der Waals surface area contributed by atoms with Gasteiger partial charge in [0.2, 0.25) is 6.41 Å². The zero-order valence-electron chi connectivity index (χ0n) is 6.80. The van der Waals surface area contributed by atoms with Crippen molar-refractivity contribution < 1.29 is 23.1 Å². The summed E-state index contributed by atoms with van der Waals surface area (Å²) in [7, 11) is 0. The minimum atomic E-state index is -4.54. The van der Waals surface area contributed by atoms with Crippen molar-refractivity contribution in [2.45, 2.75) is 6.18 Å². The zero-order valence-corrected chi connectivity index (χ0v) is 6.80. The summed E-state index contributed by atoms with van der Waals surface area (Å²) >= 11 is 0. The van der Waals surface area contributed by atoms with Gasteiger partial charge in [0.05, 0.1) is 5.56 Å². The molecule has 3 nitrogen and oxygen atoms in total. The molecule has 0 aromatic heterocycles. The molecule has 1 aromatic rings. The Labute approximate surface area is 77.2 Å². The number of halogens is 3. The van der Waals surface area contributed by atoms with E-state index in [2.05, 4.69) is 0 Å². The van der Waals surface area contributed by atoms with Crippen molar-refractivity contribution in [3.05, 3.63) is 23.8 Å². The number of anilines is 1. The summed E-state index contributed by atoms with van der Waals surface area (Å²) in [6, 6.07) is 2.33. The van der Waals surface area contributed by atoms with Gasteiger partial charge in [0.1, 0.15) is 5.75 Å². The number of nitrogens with one attached hydrogen (secondary N) is 1. The molecule has 0 atom stereocenters. The summed E-state index contributed by atoms with van der Waals surface area (Å²) < 4.78 is 36.5. The first-order valence-electron chi connectivity index (χ1n) is 3.55. The second-order valence-electron chi connectivity index (χ2n) is 2.53. The summed E-state index contributed by atoms with van der Waals surface area (Å²) in [6.45, 7) is 0. The van der Waals surface area contributed by atoms with Gasteiger partial charge in [-0.25, -0.2) is 0 Å². The Morgan fingerprint density at radius 3 is 2.43 bits per heavy atom. The van der Waals surface area contributed by atoms with Crippen molar-refractivity contribution in [3.8, 4) is 5.75 Å². The van der Waals surface area contributed by atoms with Gasteiger partial charge < -0.3 is 10.4 Å². The molecule has 0 heterocycles. The van der Waals surface area contributed by atoms with Crippen LogP contribution in [-0.2, 0) is 11.0 Å². The van der Waals surface area contributed by atoms with Crippen molar-refractivity contribution in [1.29, 1.82) is 0 Å². The van der Waals surface area contributed by atoms with Crippen LogP contribution in [0.15, 0.2) is 18.2 Å². The van der Waals surface area contributed by atoms with Gasteiger partial charge in [-0.2, -0.15) is 13.2 Å². The maximum absolute atomic E-state index is 12.2. The molecule has 1 rings (SSSR count). The molecule has 0 bridgehead atoms. The standard InChI is InChI=1S/C8H6F3NO2/c9-8(10,11)5-1-6(12-4-13)3-7(14)2-5/h1-4,14H,(H,12,13). The molecule has 2 N–H and O–H groups in total. The monoisotopic (exact) mass is 205 g/mol. The smallest absolute Gasteiger partial charge is 0.416 e. The summed E-state index contributed by atoms with van der Waals surface area (Å²) in [5.41, 5.74) is -1.12. The molecule has 0 saturated carbocycles. The van der Waals surface area contributed by atoms with Gasteiger partial charge in [-0.3, -0.25) is 4.79 Å². The highest BCUT2D eigenvalue weighted by atomic mass is 19.4. The topological polar surface area (TPSA) is 49.3 Å². The summed E-state index contributed by atoms with van der Waals surface area (Å²) in [5, 5.41) is 10.9. The molecule has 0 radical (unpaired) electrons. The number of benzene rings is 1. The number of hydrogen-bond donors (Lipinski definition) is 2. The molecular formula is C8H6F3NO2. The summed E-state index contributed by atoms with van der Waals surface area (Å²) in [6.07, 6.45) is -4.31. The lowest BCUT2D eigenvalue weighted by atomic mass is 10.2. The second kappa shape index (κ2) is 3.57. The van der Waals surface area contributed by atoms with Crippen molar-refractivity contribution in [3.63, 3.8) is 0 Å². The zero-order chi connectivity index (χ0) is 10.8. The fraction of sp³-hybridized carbons (Fsp3) is 0.125. The van der Waals surface area contributed by atoms with Gasteiger partial charge in [-0.15, -0.1) is 0 Å². The van der Waals surface area contributed by atoms with Gasteiger partial charge in [0, 0.05) is 11.8 Å². The normalized spacial score (nSPS) is 11.1. The third-order valence-electron chi connectivity index (χ3n) is 1.47. The van der Waals surface area contributed by atoms with E-state index in [1.165, 1.54) is 0 Å². The van der Waals surface area contributed by atoms with E-state index in [1.807, 2.05) is 5.32 Å². The summed E-state index contributed by atoms with van der Waals surface area (Å²) in [5.74, 6) is -0.552. The summed E-state index contributed by atoms with van der Waals surface area (Å²) in [4.78, 5) is 9.97. The number of phenolic OH excluding ortho intramolecular Hbond substituents is 1. The van der Waals surface area contributed by atoms with Crippen LogP contribution in [-0.4, -0.2) is 11.5 Å². The first kappa shape index (κ1) is 10.4. The van der Waals surface area contributed by atoms with Crippen LogP contribution in [0.25, 0.3) is 0 Å². The van der Waals surface area contributed by atoms with E-state index in [1.54, 1.807) is 0 Å². The lowest BCUT2D eigenvalue weighted by Crippen LogP contribution is -2.05. The maximum Gasteiger partial charge on any atom is 0.416 e. The Morgan fingerprint density at radius 2 is 1.93 bits per heavy atom. The Morgan fingerprint density at radius 1 is 1.29 bits per heavy atom. The molecule has 0 aliphatic carbocycles. The molecule has 0 saturated heterocycles. The van der Waals surface area contributed by atoms with Gasteiger partial charge in [0.15, 0.2) is 0 Å². The van der Waals surface area contributed by atoms with Crippen LogP contribution in [0.5, 0.6) is 5.75 Å². The number of carbonyl (C=O) groups excluding carboxylic acids is 1. The number of rotatable bonds is 2. The third-order valence-corrected chi connectivity index (χ3v) is 1.47. The van der Waals surface area contributed by atoms with E-state index in [9.17, 15) is 18.0 Å². The Hall–Kier alpha value is -1.72. The molecule has 0 spiro atoms. The van der Waals surface area contributed by atoms with Crippen molar-refractivity contribution in [2.24, 2.45) is 0 Å². The van der Waals surface area contributed by atoms with Crippen molar-refractivity contribution in [2.75, 3.05) is 5.32 Å². The lowest BCUT2D eigenvalue weighted by Gasteiger charge is -2.08. The van der Waals surface area contributed by atoms with Gasteiger partial charge in [-0.05, 0) is 12.1 Å². The molecule has 0 aliphatic rings. The molecule has 1 aromatic carbocycles. The molecular weight excluding hydrogens is 199 g/mol. The van der Waals surface area contributed by atoms with Gasteiger partial charge in [-0.1, -0.05) is 0 Å². The maximum atomic E-state index is 12.2. The molecule has 76 valence electrons. The van der Waals surface area contributed by atoms with E-state index < -0.39 is 17.5 Å². The first-order chi connectivity index (χ1) is 6.43. The Bertz CT molecular complexity index is 349. The average Bonchev–Trinajstić information content (AvgIpc) is 2.02. The fourth-order valence-corrected chi connectivity index (χ4v) is 0.926. The molecule has 0 aliphatic heterocycles. The second-order valence-corrected chi connectivity index (χ2v) is 2.53. The lowest BCUT2D eigenvalue weighted by molar-refractivity contribution is -0.137. The van der Waals surface area contributed by atoms with Crippen LogP contribution < -0.4 is 5.32 Å². The highest BCUT2D eigenvalue weighted by Gasteiger charge is 2.31. The minimum Gasteiger partial charge on any atom is -0.508 e.